The zero-order chi connectivity index (χ0) is 8.41. The van der Waals surface area contributed by atoms with Gasteiger partial charge in [-0.1, -0.05) is 42.6 Å². The molecule has 0 radical (unpaired) electrons. The van der Waals surface area contributed by atoms with Crippen LogP contribution >= 0.6 is 24.2 Å². The summed E-state index contributed by atoms with van der Waals surface area (Å²) in [6.07, 6.45) is 2.64. The summed E-state index contributed by atoms with van der Waals surface area (Å²) < 4.78 is 13.5. The third-order valence-corrected chi connectivity index (χ3v) is 1.59. The first-order valence-corrected chi connectivity index (χ1v) is 5.29. The molecule has 0 bridgehead atoms. The Balaban J connectivity index is 0. The molecular weight excluding hydrogens is 219 g/mol. The second-order valence-corrected chi connectivity index (χ2v) is 2.67. The molecule has 0 rings (SSSR count). The molecule has 0 aromatic rings. The second-order valence-electron chi connectivity index (χ2n) is 1.48. The van der Waals surface area contributed by atoms with Gasteiger partial charge in [-0.2, -0.15) is 0 Å². The summed E-state index contributed by atoms with van der Waals surface area (Å²) in [7, 11) is -2.40. The van der Waals surface area contributed by atoms with Crippen molar-refractivity contribution >= 4 is 24.2 Å². The van der Waals surface area contributed by atoms with Crippen molar-refractivity contribution in [3.63, 3.8) is 0 Å². The van der Waals surface area contributed by atoms with Crippen molar-refractivity contribution < 1.29 is 14.0 Å². The van der Waals surface area contributed by atoms with Gasteiger partial charge < -0.3 is 0 Å². The molecule has 0 spiro atoms. The number of rotatable bonds is 3. The molecule has 1 N–H and O–H groups in total. The standard InChI is InChI=1S/C4H10.CH2BrO3P/c1-3-4-2;2-1-5-6(3)4/h3-4H2,1-2H3;1H2/p+1. The van der Waals surface area contributed by atoms with Crippen LogP contribution in [0.25, 0.3) is 0 Å². The van der Waals surface area contributed by atoms with E-state index in [1.807, 2.05) is 0 Å². The molecule has 0 heterocycles. The smallest absolute Gasteiger partial charge is 0.133 e. The predicted molar refractivity (Wildman–Crippen MR) is 45.3 cm³/mol. The van der Waals surface area contributed by atoms with E-state index in [4.69, 9.17) is 4.89 Å². The van der Waals surface area contributed by atoms with Crippen LogP contribution in [0.3, 0.4) is 0 Å². The number of unbranched alkanes of at least 4 members (excludes halogenated alkanes) is 1. The Kier molecular flexibility index (Phi) is 16.0. The van der Waals surface area contributed by atoms with E-state index in [9.17, 15) is 4.57 Å². The molecule has 0 aliphatic carbocycles. The van der Waals surface area contributed by atoms with Gasteiger partial charge in [0.15, 0.2) is 5.52 Å². The number of halogens is 1. The van der Waals surface area contributed by atoms with Gasteiger partial charge in [-0.05, 0) is 0 Å². The minimum absolute atomic E-state index is 0.110. The molecule has 0 saturated heterocycles. The van der Waals surface area contributed by atoms with Gasteiger partial charge in [0.25, 0.3) is 0 Å². The summed E-state index contributed by atoms with van der Waals surface area (Å²) in [6.45, 7) is 4.36. The van der Waals surface area contributed by atoms with Gasteiger partial charge in [0.1, 0.15) is 0 Å². The van der Waals surface area contributed by atoms with E-state index in [1.165, 1.54) is 12.8 Å². The average Bonchev–Trinajstić information content (AvgIpc) is 1.89. The summed E-state index contributed by atoms with van der Waals surface area (Å²) in [4.78, 5) is 7.81. The fourth-order valence-corrected chi connectivity index (χ4v) is 0.651. The minimum atomic E-state index is -2.40. The van der Waals surface area contributed by atoms with Gasteiger partial charge in [-0.25, -0.2) is 0 Å². The zero-order valence-electron chi connectivity index (χ0n) is 6.21. The molecule has 0 saturated carbocycles. The van der Waals surface area contributed by atoms with Crippen LogP contribution in [0.15, 0.2) is 0 Å². The Morgan fingerprint density at radius 2 is 1.90 bits per heavy atom. The number of alkyl halides is 1. The third kappa shape index (κ3) is 23.6. The lowest BCUT2D eigenvalue weighted by Crippen LogP contribution is -1.67. The molecule has 0 amide bonds. The molecule has 3 nitrogen and oxygen atoms in total. The molecule has 62 valence electrons. The van der Waals surface area contributed by atoms with E-state index in [1.54, 1.807) is 0 Å². The fraction of sp³-hybridized carbons (Fsp3) is 1.00. The maximum Gasteiger partial charge on any atom is 0.695 e. The largest absolute Gasteiger partial charge is 0.695 e. The summed E-state index contributed by atoms with van der Waals surface area (Å²) in [5.74, 6) is 0. The van der Waals surface area contributed by atoms with Gasteiger partial charge >= 0.3 is 8.25 Å². The first kappa shape index (κ1) is 13.1. The molecule has 0 aliphatic heterocycles. The molecule has 0 aromatic carbocycles. The molecule has 1 unspecified atom stereocenters. The SMILES string of the molecule is CCCC.O=[P+](O)OCBr. The molecule has 0 fully saturated rings. The average molecular weight is 232 g/mol. The van der Waals surface area contributed by atoms with Crippen LogP contribution in [0.4, 0.5) is 0 Å². The van der Waals surface area contributed by atoms with E-state index >= 15 is 0 Å². The Bertz CT molecular complexity index is 77.3. The van der Waals surface area contributed by atoms with Crippen molar-refractivity contribution in [2.45, 2.75) is 26.7 Å². The molecule has 0 aliphatic rings. The van der Waals surface area contributed by atoms with Crippen molar-refractivity contribution in [2.75, 3.05) is 5.52 Å². The Hall–Kier alpha value is 0.500. The van der Waals surface area contributed by atoms with Gasteiger partial charge in [0.2, 0.25) is 0 Å². The van der Waals surface area contributed by atoms with Crippen LogP contribution in [0.5, 0.6) is 0 Å². The Labute approximate surface area is 70.9 Å². The fourth-order valence-electron chi connectivity index (χ4n) is 0.0417. The minimum Gasteiger partial charge on any atom is -0.133 e. The van der Waals surface area contributed by atoms with Gasteiger partial charge in [0, 0.05) is 4.57 Å². The van der Waals surface area contributed by atoms with Crippen LogP contribution in [0.2, 0.25) is 0 Å². The van der Waals surface area contributed by atoms with E-state index in [0.717, 1.165) is 0 Å². The van der Waals surface area contributed by atoms with Crippen LogP contribution in [0, 0.1) is 0 Å². The molecule has 5 heteroatoms. The second kappa shape index (κ2) is 12.2. The monoisotopic (exact) mass is 231 g/mol. The summed E-state index contributed by atoms with van der Waals surface area (Å²) in [5.41, 5.74) is 0.110. The van der Waals surface area contributed by atoms with Gasteiger partial charge in [0.05, 0.1) is 0 Å². The van der Waals surface area contributed by atoms with E-state index in [0.29, 0.717) is 0 Å². The normalized spacial score (nSPS) is 9.80. The number of hydrogen-bond donors (Lipinski definition) is 1. The van der Waals surface area contributed by atoms with Crippen molar-refractivity contribution in [3.8, 4) is 0 Å². The third-order valence-electron chi connectivity index (χ3n) is 0.659. The highest BCUT2D eigenvalue weighted by molar-refractivity contribution is 9.09. The summed E-state index contributed by atoms with van der Waals surface area (Å²) >= 11 is 2.78. The van der Waals surface area contributed by atoms with Crippen LogP contribution < -0.4 is 0 Å². The maximum atomic E-state index is 9.50. The molecule has 1 atom stereocenters. The highest BCUT2D eigenvalue weighted by Crippen LogP contribution is 2.14. The van der Waals surface area contributed by atoms with E-state index in [2.05, 4.69) is 34.3 Å². The van der Waals surface area contributed by atoms with Crippen molar-refractivity contribution in [3.05, 3.63) is 0 Å². The predicted octanol–water partition coefficient (Wildman–Crippen LogP) is 2.81. The Morgan fingerprint density at radius 3 is 1.90 bits per heavy atom. The van der Waals surface area contributed by atoms with Crippen molar-refractivity contribution in [2.24, 2.45) is 0 Å². The summed E-state index contributed by atoms with van der Waals surface area (Å²) in [6, 6.07) is 0. The van der Waals surface area contributed by atoms with Crippen LogP contribution in [-0.2, 0) is 9.09 Å². The first-order valence-electron chi connectivity index (χ1n) is 3.04. The highest BCUT2D eigenvalue weighted by Gasteiger charge is 2.07. The quantitative estimate of drug-likeness (QED) is 0.601. The van der Waals surface area contributed by atoms with Crippen molar-refractivity contribution in [1.29, 1.82) is 0 Å². The lowest BCUT2D eigenvalue weighted by atomic mass is 10.4. The topological polar surface area (TPSA) is 46.5 Å². The lowest BCUT2D eigenvalue weighted by molar-refractivity contribution is 0.334. The van der Waals surface area contributed by atoms with Gasteiger partial charge in [-0.3, -0.25) is 0 Å². The van der Waals surface area contributed by atoms with Gasteiger partial charge in [-0.15, -0.1) is 9.42 Å². The maximum absolute atomic E-state index is 9.50. The highest BCUT2D eigenvalue weighted by atomic mass is 79.9. The summed E-state index contributed by atoms with van der Waals surface area (Å²) in [5, 5.41) is 0. The number of hydrogen-bond acceptors (Lipinski definition) is 2. The Morgan fingerprint density at radius 1 is 1.50 bits per heavy atom. The first-order chi connectivity index (χ1) is 4.68. The lowest BCUT2D eigenvalue weighted by Gasteiger charge is -1.68. The van der Waals surface area contributed by atoms with Crippen LogP contribution in [-0.4, -0.2) is 10.4 Å². The van der Waals surface area contributed by atoms with Crippen molar-refractivity contribution in [1.82, 2.24) is 0 Å². The molecular formula is C5H13BrO3P+. The molecule has 0 aromatic heterocycles. The molecule has 10 heavy (non-hydrogen) atoms. The van der Waals surface area contributed by atoms with E-state index < -0.39 is 8.25 Å². The zero-order valence-corrected chi connectivity index (χ0v) is 8.69. The van der Waals surface area contributed by atoms with Crippen LogP contribution in [0.1, 0.15) is 26.7 Å². The van der Waals surface area contributed by atoms with E-state index in [-0.39, 0.29) is 5.52 Å².